The first-order valence-corrected chi connectivity index (χ1v) is 21.1. The molecule has 3 aromatic carbocycles. The standard InChI is InChI=1S/C14H13NO3P2S4.C12H16O2/c1-15-14(17)18-11-4-8-13(9-5-11)20(22)23-19(21,24-20)12-6-2-10(16)3-7-12;1-9-7-5-6-8-10(9)11(13)14-12(2,3)4/h2-9,16H,1H3,(H,15,17);5-8H,1-4H3. The van der Waals surface area contributed by atoms with E-state index in [1.165, 1.54) is 7.05 Å². The molecule has 1 saturated heterocycles. The molecule has 4 rings (SSSR count). The van der Waals surface area contributed by atoms with E-state index in [-0.39, 0.29) is 11.7 Å². The largest absolute Gasteiger partial charge is 0.508 e. The molecule has 6 nitrogen and oxygen atoms in total. The number of nitrogens with one attached hydrogen (secondary N) is 1. The zero-order valence-corrected chi connectivity index (χ0v) is 26.6. The molecule has 0 unspecified atom stereocenters. The highest BCUT2D eigenvalue weighted by Gasteiger charge is 2.45. The van der Waals surface area contributed by atoms with Gasteiger partial charge in [-0.1, -0.05) is 63.8 Å². The van der Waals surface area contributed by atoms with E-state index in [9.17, 15) is 14.7 Å². The molecule has 38 heavy (non-hydrogen) atoms. The maximum atomic E-state index is 11.7. The van der Waals surface area contributed by atoms with Crippen LogP contribution in [0.5, 0.6) is 11.5 Å². The first-order chi connectivity index (χ1) is 17.7. The number of carbonyl (C=O) groups excluding carboxylic acids is 2. The Morgan fingerprint density at radius 3 is 1.84 bits per heavy atom. The number of ether oxygens (including phenoxy) is 2. The van der Waals surface area contributed by atoms with Gasteiger partial charge in [0, 0.05) is 17.7 Å². The monoisotopic (exact) mass is 625 g/mol. The summed E-state index contributed by atoms with van der Waals surface area (Å²) < 4.78 is 6.75. The summed E-state index contributed by atoms with van der Waals surface area (Å²) in [5, 5.41) is 14.0. The Bertz CT molecular complexity index is 1390. The third kappa shape index (κ3) is 8.10. The van der Waals surface area contributed by atoms with Crippen molar-refractivity contribution in [3.63, 3.8) is 0 Å². The van der Waals surface area contributed by atoms with Crippen LogP contribution in [0.3, 0.4) is 0 Å². The van der Waals surface area contributed by atoms with E-state index in [2.05, 4.69) is 5.32 Å². The molecule has 1 amide bonds. The number of rotatable bonds is 4. The molecule has 1 aliphatic rings. The zero-order chi connectivity index (χ0) is 28.1. The Balaban J connectivity index is 0.000000244. The lowest BCUT2D eigenvalue weighted by Gasteiger charge is -2.40. The fraction of sp³-hybridized carbons (Fsp3) is 0.231. The van der Waals surface area contributed by atoms with Gasteiger partial charge in [-0.05, 0) is 87.9 Å². The number of hydrogen-bond donors (Lipinski definition) is 2. The van der Waals surface area contributed by atoms with Gasteiger partial charge in [0.05, 0.1) is 14.4 Å². The second-order valence-electron chi connectivity index (χ2n) is 9.12. The van der Waals surface area contributed by atoms with Crippen molar-refractivity contribution in [3.05, 3.63) is 83.9 Å². The number of aryl methyl sites for hydroxylation is 1. The Morgan fingerprint density at radius 2 is 1.37 bits per heavy atom. The van der Waals surface area contributed by atoms with Crippen LogP contribution in [-0.2, 0) is 28.4 Å². The van der Waals surface area contributed by atoms with Gasteiger partial charge in [0.25, 0.3) is 0 Å². The summed E-state index contributed by atoms with van der Waals surface area (Å²) in [5.74, 6) is 0.464. The highest BCUT2D eigenvalue weighted by Crippen LogP contribution is 3.04. The number of carbonyl (C=O) groups is 2. The van der Waals surface area contributed by atoms with Gasteiger partial charge in [0.2, 0.25) is 0 Å². The van der Waals surface area contributed by atoms with E-state index < -0.39 is 20.6 Å². The van der Waals surface area contributed by atoms with Gasteiger partial charge < -0.3 is 19.9 Å². The van der Waals surface area contributed by atoms with Crippen LogP contribution in [-0.4, -0.2) is 29.8 Å². The molecule has 1 fully saturated rings. The van der Waals surface area contributed by atoms with Crippen molar-refractivity contribution < 1.29 is 24.2 Å². The predicted octanol–water partition coefficient (Wildman–Crippen LogP) is 7.11. The van der Waals surface area contributed by atoms with E-state index in [4.69, 9.17) is 33.1 Å². The molecule has 12 heteroatoms. The summed E-state index contributed by atoms with van der Waals surface area (Å²) in [7, 11) is 1.51. The highest BCUT2D eigenvalue weighted by molar-refractivity contribution is 9.48. The van der Waals surface area contributed by atoms with Crippen molar-refractivity contribution in [1.82, 2.24) is 5.32 Å². The number of aromatic hydroxyl groups is 1. The first kappa shape index (κ1) is 30.7. The van der Waals surface area contributed by atoms with Crippen molar-refractivity contribution in [2.45, 2.75) is 33.3 Å². The van der Waals surface area contributed by atoms with Crippen LogP contribution in [0, 0.1) is 6.92 Å². The van der Waals surface area contributed by atoms with Gasteiger partial charge in [-0.3, -0.25) is 0 Å². The Kier molecular flexibility index (Phi) is 10.2. The van der Waals surface area contributed by atoms with E-state index in [1.54, 1.807) is 52.3 Å². The average molecular weight is 626 g/mol. The number of benzene rings is 3. The molecule has 202 valence electrons. The average Bonchev–Trinajstić information content (AvgIpc) is 2.83. The van der Waals surface area contributed by atoms with Crippen LogP contribution in [0.2, 0.25) is 0 Å². The molecular formula is C26H29NO5P2S4. The highest BCUT2D eigenvalue weighted by atomic mass is 33.7. The number of phenols is 1. The lowest BCUT2D eigenvalue weighted by molar-refractivity contribution is 0.00687. The minimum atomic E-state index is -1.81. The van der Waals surface area contributed by atoms with Crippen molar-refractivity contribution in [2.24, 2.45) is 0 Å². The van der Waals surface area contributed by atoms with Crippen molar-refractivity contribution in [3.8, 4) is 11.5 Å². The SMILES string of the molecule is CNC(=O)Oc1ccc(P2(=S)SP(=S)(c3ccc(O)cc3)S2)cc1.Cc1ccccc1C(=O)OC(C)(C)C. The zero-order valence-electron chi connectivity index (χ0n) is 21.5. The molecule has 1 aliphatic heterocycles. The van der Waals surface area contributed by atoms with Gasteiger partial charge in [-0.15, -0.1) is 0 Å². The summed E-state index contributed by atoms with van der Waals surface area (Å²) in [5.41, 5.74) is 1.16. The van der Waals surface area contributed by atoms with Crippen LogP contribution in [0.4, 0.5) is 4.79 Å². The topological polar surface area (TPSA) is 84.9 Å². The van der Waals surface area contributed by atoms with Gasteiger partial charge >= 0.3 is 12.1 Å². The van der Waals surface area contributed by atoms with Crippen LogP contribution in [0.25, 0.3) is 0 Å². The number of esters is 1. The summed E-state index contributed by atoms with van der Waals surface area (Å²) in [6.45, 7) is 7.49. The van der Waals surface area contributed by atoms with E-state index in [1.807, 2.05) is 70.2 Å². The molecule has 0 aliphatic carbocycles. The Morgan fingerprint density at radius 1 is 0.868 bits per heavy atom. The number of amides is 1. The van der Waals surface area contributed by atoms with Crippen molar-refractivity contribution >= 4 is 77.2 Å². The second-order valence-corrected chi connectivity index (χ2v) is 30.4. The van der Waals surface area contributed by atoms with E-state index >= 15 is 0 Å². The maximum absolute atomic E-state index is 11.7. The Hall–Kier alpha value is -1.80. The summed E-state index contributed by atoms with van der Waals surface area (Å²) in [4.78, 5) is 22.9. The summed E-state index contributed by atoms with van der Waals surface area (Å²) in [6, 6.07) is 21.9. The number of phenolic OH excluding ortho intramolecular Hbond substituents is 1. The molecule has 0 saturated carbocycles. The third-order valence-electron chi connectivity index (χ3n) is 4.93. The molecule has 3 aromatic rings. The molecule has 0 bridgehead atoms. The van der Waals surface area contributed by atoms with Crippen LogP contribution in [0.1, 0.15) is 36.7 Å². The second kappa shape index (κ2) is 12.6. The number of hydrogen-bond acceptors (Lipinski definition) is 9. The normalized spacial score (nSPS) is 20.2. The minimum Gasteiger partial charge on any atom is -0.508 e. The summed E-state index contributed by atoms with van der Waals surface area (Å²) in [6.07, 6.45) is -0.499. The third-order valence-corrected chi connectivity index (χ3v) is 36.2. The molecule has 2 N–H and O–H groups in total. The lowest BCUT2D eigenvalue weighted by Crippen LogP contribution is -2.24. The first-order valence-electron chi connectivity index (χ1n) is 11.5. The fourth-order valence-corrected chi connectivity index (χ4v) is 45.4. The van der Waals surface area contributed by atoms with Crippen LogP contribution < -0.4 is 20.7 Å². The van der Waals surface area contributed by atoms with E-state index in [0.29, 0.717) is 11.3 Å². The fourth-order valence-electron chi connectivity index (χ4n) is 3.10. The maximum Gasteiger partial charge on any atom is 0.412 e. The van der Waals surface area contributed by atoms with E-state index in [0.717, 1.165) is 16.2 Å². The summed E-state index contributed by atoms with van der Waals surface area (Å²) >= 11 is 15.1. The van der Waals surface area contributed by atoms with Crippen LogP contribution in [0.15, 0.2) is 72.8 Å². The molecule has 0 radical (unpaired) electrons. The van der Waals surface area contributed by atoms with Crippen molar-refractivity contribution in [2.75, 3.05) is 7.05 Å². The molecule has 0 aromatic heterocycles. The molecular weight excluding hydrogens is 597 g/mol. The lowest BCUT2D eigenvalue weighted by atomic mass is 10.1. The predicted molar refractivity (Wildman–Crippen MR) is 169 cm³/mol. The quantitative estimate of drug-likeness (QED) is 0.233. The van der Waals surface area contributed by atoms with Gasteiger partial charge in [0.1, 0.15) is 17.1 Å². The van der Waals surface area contributed by atoms with Gasteiger partial charge in [-0.2, -0.15) is 0 Å². The smallest absolute Gasteiger partial charge is 0.412 e. The Labute approximate surface area is 241 Å². The molecule has 0 atom stereocenters. The van der Waals surface area contributed by atoms with Gasteiger partial charge in [-0.25, -0.2) is 9.59 Å². The van der Waals surface area contributed by atoms with Gasteiger partial charge in [0.15, 0.2) is 0 Å². The van der Waals surface area contributed by atoms with Crippen molar-refractivity contribution in [1.29, 1.82) is 0 Å². The van der Waals surface area contributed by atoms with Crippen LogP contribution >= 0.6 is 30.9 Å². The molecule has 1 heterocycles. The minimum absolute atomic E-state index is 0.238. The molecule has 0 spiro atoms.